The van der Waals surface area contributed by atoms with E-state index < -0.39 is 0 Å². The number of aromatic nitrogens is 1. The van der Waals surface area contributed by atoms with Gasteiger partial charge in [0.1, 0.15) is 5.69 Å². The predicted molar refractivity (Wildman–Crippen MR) is 95.9 cm³/mol. The average molecular weight is 356 g/mol. The number of pyridine rings is 1. The van der Waals surface area contributed by atoms with Gasteiger partial charge >= 0.3 is 0 Å². The van der Waals surface area contributed by atoms with E-state index in [9.17, 15) is 9.59 Å². The van der Waals surface area contributed by atoms with E-state index in [4.69, 9.17) is 0 Å². The number of fused-ring (bicyclic) bond motifs is 4. The third-order valence-electron chi connectivity index (χ3n) is 5.55. The fraction of sp³-hybridized carbons (Fsp3) is 0.500. The van der Waals surface area contributed by atoms with Crippen LogP contribution < -0.4 is 5.32 Å². The first-order chi connectivity index (χ1) is 12.2. The largest absolute Gasteiger partial charge is 0.346 e. The third-order valence-corrected chi connectivity index (χ3v) is 6.64. The van der Waals surface area contributed by atoms with E-state index in [2.05, 4.69) is 15.2 Å². The van der Waals surface area contributed by atoms with Crippen molar-refractivity contribution in [3.05, 3.63) is 28.9 Å². The fourth-order valence-corrected chi connectivity index (χ4v) is 4.98. The number of nitrogens with one attached hydrogen (secondary N) is 1. The Morgan fingerprint density at radius 1 is 1.16 bits per heavy atom. The second-order valence-corrected chi connectivity index (χ2v) is 8.31. The topological polar surface area (TPSA) is 65.3 Å². The Kier molecular flexibility index (Phi) is 3.53. The highest BCUT2D eigenvalue weighted by Gasteiger charge is 2.35. The molecule has 0 saturated carbocycles. The molecule has 4 aliphatic rings. The molecule has 4 saturated heterocycles. The number of carbonyl (C=O) groups excluding carboxylic acids is 2. The SMILES string of the molecule is O=C(NC1CN2CCC1CC2)c1cc2sc(C(=O)N3CC3)cc2cn1. The first kappa shape index (κ1) is 15.3. The van der Waals surface area contributed by atoms with Crippen molar-refractivity contribution in [2.24, 2.45) is 5.92 Å². The van der Waals surface area contributed by atoms with Gasteiger partial charge in [0.15, 0.2) is 0 Å². The summed E-state index contributed by atoms with van der Waals surface area (Å²) in [5.41, 5.74) is 0.441. The Bertz CT molecular complexity index is 852. The molecule has 25 heavy (non-hydrogen) atoms. The second-order valence-electron chi connectivity index (χ2n) is 7.23. The second kappa shape index (κ2) is 5.78. The van der Waals surface area contributed by atoms with E-state index in [0.717, 1.165) is 47.7 Å². The van der Waals surface area contributed by atoms with Crippen molar-refractivity contribution in [2.45, 2.75) is 18.9 Å². The van der Waals surface area contributed by atoms with Crippen molar-refractivity contribution in [3.63, 3.8) is 0 Å². The van der Waals surface area contributed by atoms with Crippen LogP contribution in [0.1, 0.15) is 33.0 Å². The van der Waals surface area contributed by atoms with Gasteiger partial charge in [0.05, 0.1) is 4.88 Å². The van der Waals surface area contributed by atoms with Crippen molar-refractivity contribution < 1.29 is 9.59 Å². The smallest absolute Gasteiger partial charge is 0.270 e. The Hall–Kier alpha value is -1.99. The van der Waals surface area contributed by atoms with E-state index in [1.54, 1.807) is 11.1 Å². The lowest BCUT2D eigenvalue weighted by molar-refractivity contribution is 0.0618. The molecule has 0 spiro atoms. The summed E-state index contributed by atoms with van der Waals surface area (Å²) in [5, 5.41) is 4.10. The molecule has 130 valence electrons. The lowest BCUT2D eigenvalue weighted by atomic mass is 9.84. The van der Waals surface area contributed by atoms with Crippen LogP contribution in [-0.2, 0) is 0 Å². The maximum atomic E-state index is 12.6. The standard InChI is InChI=1S/C18H20N4O2S/c23-17(20-14-10-21-3-1-11(14)2-4-21)13-8-15-12(9-19-13)7-16(25-15)18(24)22-5-6-22/h7-9,11,14H,1-6,10H2,(H,20,23). The van der Waals surface area contributed by atoms with Gasteiger partial charge in [-0.2, -0.15) is 0 Å². The molecule has 6 rings (SSSR count). The molecule has 4 aliphatic heterocycles. The molecular weight excluding hydrogens is 336 g/mol. The number of nitrogens with zero attached hydrogens (tertiary/aromatic N) is 3. The van der Waals surface area contributed by atoms with Crippen molar-refractivity contribution in [2.75, 3.05) is 32.7 Å². The molecule has 1 atom stereocenters. The minimum Gasteiger partial charge on any atom is -0.346 e. The first-order valence-corrected chi connectivity index (χ1v) is 9.71. The lowest BCUT2D eigenvalue weighted by Gasteiger charge is -2.44. The summed E-state index contributed by atoms with van der Waals surface area (Å²) in [5.74, 6) is 0.573. The Balaban J connectivity index is 1.35. The van der Waals surface area contributed by atoms with Crippen LogP contribution in [0.4, 0.5) is 0 Å². The summed E-state index contributed by atoms with van der Waals surface area (Å²) >= 11 is 1.44. The zero-order valence-corrected chi connectivity index (χ0v) is 14.7. The van der Waals surface area contributed by atoms with Gasteiger partial charge in [0.2, 0.25) is 0 Å². The molecule has 2 amide bonds. The quantitative estimate of drug-likeness (QED) is 0.848. The van der Waals surface area contributed by atoms with Gasteiger partial charge in [0, 0.05) is 42.0 Å². The number of hydrogen-bond acceptors (Lipinski definition) is 5. The maximum absolute atomic E-state index is 12.6. The van der Waals surface area contributed by atoms with Crippen LogP contribution in [0.2, 0.25) is 0 Å². The van der Waals surface area contributed by atoms with E-state index >= 15 is 0 Å². The van der Waals surface area contributed by atoms with Crippen LogP contribution in [0.5, 0.6) is 0 Å². The number of thiophene rings is 1. The highest BCUT2D eigenvalue weighted by atomic mass is 32.1. The third kappa shape index (κ3) is 2.81. The van der Waals surface area contributed by atoms with E-state index in [0.29, 0.717) is 11.6 Å². The van der Waals surface area contributed by atoms with Crippen LogP contribution in [-0.4, -0.2) is 65.4 Å². The first-order valence-electron chi connectivity index (χ1n) is 8.89. The summed E-state index contributed by atoms with van der Waals surface area (Å²) in [6, 6.07) is 3.92. The number of carbonyl (C=O) groups is 2. The number of hydrogen-bond donors (Lipinski definition) is 1. The molecule has 7 heteroatoms. The monoisotopic (exact) mass is 356 g/mol. The summed E-state index contributed by atoms with van der Waals surface area (Å²) in [7, 11) is 0. The normalized spacial score (nSPS) is 27.5. The van der Waals surface area contributed by atoms with Gasteiger partial charge in [-0.1, -0.05) is 0 Å². The van der Waals surface area contributed by atoms with Gasteiger partial charge < -0.3 is 15.1 Å². The summed E-state index contributed by atoms with van der Waals surface area (Å²) < 4.78 is 0.944. The molecule has 6 nitrogen and oxygen atoms in total. The molecule has 2 aromatic heterocycles. The van der Waals surface area contributed by atoms with Gasteiger partial charge in [-0.3, -0.25) is 14.6 Å². The molecule has 0 radical (unpaired) electrons. The molecule has 1 unspecified atom stereocenters. The average Bonchev–Trinajstić information content (AvgIpc) is 3.40. The Morgan fingerprint density at radius 3 is 2.64 bits per heavy atom. The van der Waals surface area contributed by atoms with Crippen LogP contribution in [0.3, 0.4) is 0 Å². The minimum absolute atomic E-state index is 0.0829. The highest BCUT2D eigenvalue weighted by Crippen LogP contribution is 2.29. The predicted octanol–water partition coefficient (Wildman–Crippen LogP) is 1.58. The molecular formula is C18H20N4O2S. The van der Waals surface area contributed by atoms with Gasteiger partial charge in [0.25, 0.3) is 11.8 Å². The molecule has 6 heterocycles. The molecule has 2 bridgehead atoms. The fourth-order valence-electron chi connectivity index (χ4n) is 3.94. The molecule has 0 aromatic carbocycles. The zero-order chi connectivity index (χ0) is 17.0. The van der Waals surface area contributed by atoms with Crippen LogP contribution in [0, 0.1) is 5.92 Å². The van der Waals surface area contributed by atoms with E-state index in [-0.39, 0.29) is 17.9 Å². The highest BCUT2D eigenvalue weighted by molar-refractivity contribution is 7.20. The Morgan fingerprint density at radius 2 is 1.96 bits per heavy atom. The zero-order valence-electron chi connectivity index (χ0n) is 13.9. The summed E-state index contributed by atoms with van der Waals surface area (Å²) in [4.78, 5) is 34.1. The molecule has 4 fully saturated rings. The van der Waals surface area contributed by atoms with E-state index in [1.165, 1.54) is 24.2 Å². The molecule has 1 N–H and O–H groups in total. The van der Waals surface area contributed by atoms with Crippen molar-refractivity contribution >= 4 is 33.2 Å². The number of piperidine rings is 3. The van der Waals surface area contributed by atoms with Crippen molar-refractivity contribution in [1.82, 2.24) is 20.1 Å². The number of amides is 2. The summed E-state index contributed by atoms with van der Waals surface area (Å²) in [6.07, 6.45) is 4.05. The van der Waals surface area contributed by atoms with Crippen LogP contribution in [0.25, 0.3) is 10.1 Å². The Labute approximate surface area is 149 Å². The van der Waals surface area contributed by atoms with Crippen LogP contribution in [0.15, 0.2) is 18.3 Å². The minimum atomic E-state index is -0.104. The van der Waals surface area contributed by atoms with Crippen molar-refractivity contribution in [3.8, 4) is 0 Å². The van der Waals surface area contributed by atoms with Gasteiger partial charge in [-0.25, -0.2) is 0 Å². The molecule has 0 aliphatic carbocycles. The maximum Gasteiger partial charge on any atom is 0.270 e. The van der Waals surface area contributed by atoms with Gasteiger partial charge in [-0.15, -0.1) is 11.3 Å². The lowest BCUT2D eigenvalue weighted by Crippen LogP contribution is -2.57. The van der Waals surface area contributed by atoms with Crippen molar-refractivity contribution in [1.29, 1.82) is 0 Å². The molecule has 2 aromatic rings. The number of rotatable bonds is 3. The van der Waals surface area contributed by atoms with Crippen LogP contribution >= 0.6 is 11.3 Å². The van der Waals surface area contributed by atoms with E-state index in [1.807, 2.05) is 12.1 Å². The summed E-state index contributed by atoms with van der Waals surface area (Å²) in [6.45, 7) is 4.96. The van der Waals surface area contributed by atoms with Gasteiger partial charge in [-0.05, 0) is 44.0 Å².